The molecule has 0 aliphatic heterocycles. The zero-order chi connectivity index (χ0) is 17.0. The van der Waals surface area contributed by atoms with Crippen molar-refractivity contribution in [1.29, 1.82) is 0 Å². The maximum Gasteiger partial charge on any atom is 0.332 e. The van der Waals surface area contributed by atoms with Gasteiger partial charge in [-0.2, -0.15) is 5.48 Å². The number of hydrogen-bond donors (Lipinski definition) is 2. The van der Waals surface area contributed by atoms with E-state index in [0.29, 0.717) is 31.2 Å². The predicted molar refractivity (Wildman–Crippen MR) is 88.8 cm³/mol. The molecule has 0 spiro atoms. The van der Waals surface area contributed by atoms with Crippen LogP contribution < -0.4 is 11.2 Å². The van der Waals surface area contributed by atoms with Gasteiger partial charge in [0.1, 0.15) is 0 Å². The zero-order valence-corrected chi connectivity index (χ0v) is 14.7. The highest BCUT2D eigenvalue weighted by atomic mass is 16.7. The smallest absolute Gasteiger partial charge is 0.332 e. The van der Waals surface area contributed by atoms with Gasteiger partial charge < -0.3 is 10.6 Å². The lowest BCUT2D eigenvalue weighted by molar-refractivity contribution is -0.158. The van der Waals surface area contributed by atoms with Gasteiger partial charge in [-0.1, -0.05) is 47.0 Å². The summed E-state index contributed by atoms with van der Waals surface area (Å²) in [6, 6.07) is 0. The van der Waals surface area contributed by atoms with Gasteiger partial charge >= 0.3 is 5.97 Å². The van der Waals surface area contributed by atoms with Crippen LogP contribution in [0.25, 0.3) is 0 Å². The van der Waals surface area contributed by atoms with E-state index in [1.165, 1.54) is 19.3 Å². The summed E-state index contributed by atoms with van der Waals surface area (Å²) >= 11 is 0. The second kappa shape index (κ2) is 12.4. The second-order valence-electron chi connectivity index (χ2n) is 6.52. The van der Waals surface area contributed by atoms with Gasteiger partial charge in [0.25, 0.3) is 5.91 Å². The van der Waals surface area contributed by atoms with Gasteiger partial charge in [0.05, 0.1) is 0 Å². The largest absolute Gasteiger partial charge is 0.341 e. The molecule has 0 aromatic rings. The Labute approximate surface area is 135 Å². The molecular weight excluding hydrogens is 280 g/mol. The molecule has 0 aromatic heterocycles. The average molecular weight is 314 g/mol. The van der Waals surface area contributed by atoms with Gasteiger partial charge in [0, 0.05) is 12.8 Å². The molecule has 0 aromatic carbocycles. The number of unbranched alkanes of at least 4 members (excludes halogenated alkanes) is 1. The lowest BCUT2D eigenvalue weighted by atomic mass is 9.88. The number of hydroxylamine groups is 1. The third-order valence-corrected chi connectivity index (χ3v) is 4.26. The van der Waals surface area contributed by atoms with Gasteiger partial charge in [0.2, 0.25) is 0 Å². The number of amides is 1. The Morgan fingerprint density at radius 3 is 2.32 bits per heavy atom. The molecular formula is C17H34N2O3. The Morgan fingerprint density at radius 2 is 1.73 bits per heavy atom. The van der Waals surface area contributed by atoms with Crippen LogP contribution in [0.3, 0.4) is 0 Å². The second-order valence-corrected chi connectivity index (χ2v) is 6.52. The monoisotopic (exact) mass is 314 g/mol. The maximum absolute atomic E-state index is 11.6. The van der Waals surface area contributed by atoms with Gasteiger partial charge in [-0.05, 0) is 37.1 Å². The first-order valence-corrected chi connectivity index (χ1v) is 8.59. The third kappa shape index (κ3) is 10.6. The highest BCUT2D eigenvalue weighted by Crippen LogP contribution is 2.22. The molecule has 0 aliphatic carbocycles. The van der Waals surface area contributed by atoms with E-state index in [1.54, 1.807) is 0 Å². The van der Waals surface area contributed by atoms with Crippen LogP contribution in [0.4, 0.5) is 0 Å². The molecule has 22 heavy (non-hydrogen) atoms. The highest BCUT2D eigenvalue weighted by molar-refractivity contribution is 5.77. The maximum atomic E-state index is 11.6. The van der Waals surface area contributed by atoms with Crippen LogP contribution in [-0.4, -0.2) is 18.4 Å². The Morgan fingerprint density at radius 1 is 1.09 bits per heavy atom. The molecule has 3 unspecified atom stereocenters. The molecule has 0 aliphatic rings. The summed E-state index contributed by atoms with van der Waals surface area (Å²) in [7, 11) is 0. The van der Waals surface area contributed by atoms with E-state index in [-0.39, 0.29) is 17.8 Å². The molecule has 5 nitrogen and oxygen atoms in total. The lowest BCUT2D eigenvalue weighted by Gasteiger charge is -2.19. The summed E-state index contributed by atoms with van der Waals surface area (Å²) in [4.78, 5) is 28.0. The summed E-state index contributed by atoms with van der Waals surface area (Å²) in [6.45, 7) is 9.09. The third-order valence-electron chi connectivity index (χ3n) is 4.26. The minimum absolute atomic E-state index is 0.197. The van der Waals surface area contributed by atoms with Crippen molar-refractivity contribution in [2.24, 2.45) is 23.5 Å². The SMILES string of the molecule is CCCCC(C)C(C)CCC(=O)ONC(=O)CC(C)CCN. The van der Waals surface area contributed by atoms with Crippen LogP contribution in [0.2, 0.25) is 0 Å². The molecule has 0 bridgehead atoms. The van der Waals surface area contributed by atoms with E-state index in [4.69, 9.17) is 10.6 Å². The lowest BCUT2D eigenvalue weighted by Crippen LogP contribution is -2.28. The van der Waals surface area contributed by atoms with Crippen LogP contribution >= 0.6 is 0 Å². The van der Waals surface area contributed by atoms with E-state index < -0.39 is 0 Å². The summed E-state index contributed by atoms with van der Waals surface area (Å²) in [5, 5.41) is 0. The predicted octanol–water partition coefficient (Wildman–Crippen LogP) is 3.18. The van der Waals surface area contributed by atoms with Crippen molar-refractivity contribution in [2.45, 2.75) is 72.6 Å². The van der Waals surface area contributed by atoms with Crippen LogP contribution in [-0.2, 0) is 14.4 Å². The molecule has 130 valence electrons. The quantitative estimate of drug-likeness (QED) is 0.574. The Kier molecular flexibility index (Phi) is 11.8. The number of rotatable bonds is 11. The van der Waals surface area contributed by atoms with Gasteiger partial charge in [-0.3, -0.25) is 4.79 Å². The minimum atomic E-state index is -0.366. The van der Waals surface area contributed by atoms with E-state index in [2.05, 4.69) is 26.3 Å². The molecule has 0 rings (SSSR count). The van der Waals surface area contributed by atoms with E-state index in [1.807, 2.05) is 6.92 Å². The number of carbonyl (C=O) groups excluding carboxylic acids is 2. The topological polar surface area (TPSA) is 81.4 Å². The fraction of sp³-hybridized carbons (Fsp3) is 0.882. The molecule has 0 saturated heterocycles. The number of nitrogens with one attached hydrogen (secondary N) is 1. The van der Waals surface area contributed by atoms with Gasteiger partial charge in [-0.15, -0.1) is 0 Å². The van der Waals surface area contributed by atoms with Crippen molar-refractivity contribution in [3.63, 3.8) is 0 Å². The summed E-state index contributed by atoms with van der Waals surface area (Å²) in [5.41, 5.74) is 7.66. The van der Waals surface area contributed by atoms with Crippen molar-refractivity contribution < 1.29 is 14.4 Å². The average Bonchev–Trinajstić information content (AvgIpc) is 2.48. The zero-order valence-electron chi connectivity index (χ0n) is 14.7. The Bertz CT molecular complexity index is 321. The first-order valence-electron chi connectivity index (χ1n) is 8.59. The molecule has 0 saturated carbocycles. The number of hydrogen-bond acceptors (Lipinski definition) is 4. The highest BCUT2D eigenvalue weighted by Gasteiger charge is 2.15. The van der Waals surface area contributed by atoms with Crippen molar-refractivity contribution in [3.05, 3.63) is 0 Å². The number of carbonyl (C=O) groups is 2. The van der Waals surface area contributed by atoms with Crippen molar-refractivity contribution >= 4 is 11.9 Å². The van der Waals surface area contributed by atoms with Crippen LogP contribution in [0.1, 0.15) is 72.6 Å². The summed E-state index contributed by atoms with van der Waals surface area (Å²) in [5.74, 6) is 0.662. The van der Waals surface area contributed by atoms with E-state index in [0.717, 1.165) is 12.8 Å². The standard InChI is InChI=1S/C17H34N2O3/c1-5-6-7-14(3)15(4)8-9-17(21)22-19-16(20)12-13(2)10-11-18/h13-15H,5-12,18H2,1-4H3,(H,19,20). The minimum Gasteiger partial charge on any atom is -0.341 e. The summed E-state index contributed by atoms with van der Waals surface area (Å²) in [6.07, 6.45) is 5.88. The Balaban J connectivity index is 3.83. The normalized spacial score (nSPS) is 15.0. The molecule has 0 heterocycles. The fourth-order valence-corrected chi connectivity index (χ4v) is 2.35. The molecule has 0 radical (unpaired) electrons. The Hall–Kier alpha value is -1.10. The van der Waals surface area contributed by atoms with Crippen molar-refractivity contribution in [2.75, 3.05) is 6.54 Å². The van der Waals surface area contributed by atoms with Gasteiger partial charge in [0.15, 0.2) is 0 Å². The molecule has 3 N–H and O–H groups in total. The molecule has 5 heteroatoms. The first kappa shape index (κ1) is 20.9. The molecule has 3 atom stereocenters. The summed E-state index contributed by atoms with van der Waals surface area (Å²) < 4.78 is 0. The molecule has 1 amide bonds. The van der Waals surface area contributed by atoms with Crippen LogP contribution in [0.15, 0.2) is 0 Å². The fourth-order valence-electron chi connectivity index (χ4n) is 2.35. The first-order chi connectivity index (χ1) is 10.4. The van der Waals surface area contributed by atoms with Crippen LogP contribution in [0.5, 0.6) is 0 Å². The number of nitrogens with two attached hydrogens (primary N) is 1. The van der Waals surface area contributed by atoms with Crippen molar-refractivity contribution in [3.8, 4) is 0 Å². The molecule has 0 fully saturated rings. The van der Waals surface area contributed by atoms with Crippen molar-refractivity contribution in [1.82, 2.24) is 5.48 Å². The van der Waals surface area contributed by atoms with E-state index in [9.17, 15) is 9.59 Å². The van der Waals surface area contributed by atoms with Crippen LogP contribution in [0, 0.1) is 17.8 Å². The van der Waals surface area contributed by atoms with Gasteiger partial charge in [-0.25, -0.2) is 4.79 Å². The van der Waals surface area contributed by atoms with E-state index >= 15 is 0 Å².